The molecule has 19 heavy (non-hydrogen) atoms. The van der Waals surface area contributed by atoms with Crippen molar-refractivity contribution in [3.05, 3.63) is 28.3 Å². The van der Waals surface area contributed by atoms with E-state index in [4.69, 9.17) is 11.6 Å². The van der Waals surface area contributed by atoms with E-state index in [-0.39, 0.29) is 0 Å². The van der Waals surface area contributed by atoms with Gasteiger partial charge in [-0.05, 0) is 64.2 Å². The molecule has 0 bridgehead atoms. The van der Waals surface area contributed by atoms with E-state index in [2.05, 4.69) is 4.72 Å². The van der Waals surface area contributed by atoms with Crippen LogP contribution in [-0.2, 0) is 10.0 Å². The van der Waals surface area contributed by atoms with Gasteiger partial charge in [-0.1, -0.05) is 11.6 Å². The van der Waals surface area contributed by atoms with Gasteiger partial charge in [0.15, 0.2) is 0 Å². The van der Waals surface area contributed by atoms with Gasteiger partial charge >= 0.3 is 0 Å². The van der Waals surface area contributed by atoms with Crippen molar-refractivity contribution < 1.29 is 8.42 Å². The molecule has 0 amide bonds. The van der Waals surface area contributed by atoms with E-state index in [0.717, 1.165) is 18.5 Å². The van der Waals surface area contributed by atoms with E-state index in [9.17, 15) is 8.42 Å². The van der Waals surface area contributed by atoms with Crippen LogP contribution in [0, 0.1) is 13.8 Å². The van der Waals surface area contributed by atoms with Gasteiger partial charge in [0, 0.05) is 11.6 Å². The first-order valence-electron chi connectivity index (χ1n) is 6.15. The van der Waals surface area contributed by atoms with Crippen LogP contribution in [0.3, 0.4) is 0 Å². The molecule has 0 aliphatic heterocycles. The maximum Gasteiger partial charge on any atom is 0.240 e. The summed E-state index contributed by atoms with van der Waals surface area (Å²) >= 11 is 5.98. The number of nitrogens with zero attached hydrogens (tertiary/aromatic N) is 1. The molecule has 0 spiro atoms. The maximum atomic E-state index is 12.2. The molecular weight excluding hydrogens is 284 g/mol. The van der Waals surface area contributed by atoms with E-state index in [1.54, 1.807) is 26.0 Å². The Hall–Kier alpha value is -0.620. The van der Waals surface area contributed by atoms with Crippen LogP contribution in [0.2, 0.25) is 5.02 Å². The molecule has 0 radical (unpaired) electrons. The molecule has 0 saturated heterocycles. The summed E-state index contributed by atoms with van der Waals surface area (Å²) in [6.45, 7) is 4.83. The highest BCUT2D eigenvalue weighted by atomic mass is 35.5. The molecule has 0 unspecified atom stereocenters. The Kier molecular flexibility index (Phi) is 5.80. The van der Waals surface area contributed by atoms with Gasteiger partial charge in [0.25, 0.3) is 0 Å². The standard InChI is InChI=1S/C13H21ClN2O2S/c1-10-9-13(11(2)8-12(10)14)19(17,18)15-6-5-7-16(3)4/h8-9,15H,5-7H2,1-4H3. The predicted molar refractivity (Wildman–Crippen MR) is 79.3 cm³/mol. The van der Waals surface area contributed by atoms with Crippen molar-refractivity contribution in [2.45, 2.75) is 25.2 Å². The quantitative estimate of drug-likeness (QED) is 0.820. The summed E-state index contributed by atoms with van der Waals surface area (Å²) in [7, 11) is 0.464. The molecule has 1 rings (SSSR count). The Balaban J connectivity index is 2.80. The molecule has 0 saturated carbocycles. The van der Waals surface area contributed by atoms with Gasteiger partial charge in [-0.15, -0.1) is 0 Å². The van der Waals surface area contributed by atoms with E-state index in [0.29, 0.717) is 22.0 Å². The first-order chi connectivity index (χ1) is 8.74. The lowest BCUT2D eigenvalue weighted by atomic mass is 10.2. The van der Waals surface area contributed by atoms with E-state index < -0.39 is 10.0 Å². The average Bonchev–Trinajstić information content (AvgIpc) is 2.29. The number of benzene rings is 1. The zero-order chi connectivity index (χ0) is 14.6. The van der Waals surface area contributed by atoms with Crippen LogP contribution in [0.25, 0.3) is 0 Å². The molecule has 0 aromatic heterocycles. The van der Waals surface area contributed by atoms with Crippen molar-refractivity contribution in [2.75, 3.05) is 27.2 Å². The number of halogens is 1. The summed E-state index contributed by atoms with van der Waals surface area (Å²) in [4.78, 5) is 2.32. The molecule has 6 heteroatoms. The third-order valence-corrected chi connectivity index (χ3v) is 4.83. The molecule has 0 atom stereocenters. The van der Waals surface area contributed by atoms with Gasteiger partial charge in [0.1, 0.15) is 0 Å². The number of nitrogens with one attached hydrogen (secondary N) is 1. The van der Waals surface area contributed by atoms with Crippen LogP contribution in [-0.4, -0.2) is 40.5 Å². The summed E-state index contributed by atoms with van der Waals surface area (Å²) in [6, 6.07) is 3.30. The minimum atomic E-state index is -3.46. The largest absolute Gasteiger partial charge is 0.309 e. The highest BCUT2D eigenvalue weighted by Crippen LogP contribution is 2.23. The summed E-state index contributed by atoms with van der Waals surface area (Å²) in [5.41, 5.74) is 1.43. The monoisotopic (exact) mass is 304 g/mol. The Labute approximate surface area is 120 Å². The third kappa shape index (κ3) is 4.76. The molecule has 4 nitrogen and oxygen atoms in total. The summed E-state index contributed by atoms with van der Waals surface area (Å²) in [6.07, 6.45) is 0.776. The zero-order valence-corrected chi connectivity index (χ0v) is 13.4. The van der Waals surface area contributed by atoms with Gasteiger partial charge in [0.05, 0.1) is 4.90 Å². The second kappa shape index (κ2) is 6.70. The first-order valence-corrected chi connectivity index (χ1v) is 8.01. The second-order valence-electron chi connectivity index (χ2n) is 4.92. The number of sulfonamides is 1. The molecule has 1 aromatic rings. The van der Waals surface area contributed by atoms with Gasteiger partial charge in [-0.25, -0.2) is 13.1 Å². The summed E-state index contributed by atoms with van der Waals surface area (Å²) in [5, 5.41) is 0.587. The molecule has 0 aliphatic rings. The van der Waals surface area contributed by atoms with Gasteiger partial charge in [0.2, 0.25) is 10.0 Å². The van der Waals surface area contributed by atoms with Gasteiger partial charge in [-0.2, -0.15) is 0 Å². The van der Waals surface area contributed by atoms with Gasteiger partial charge in [-0.3, -0.25) is 0 Å². The van der Waals surface area contributed by atoms with Crippen LogP contribution in [0.5, 0.6) is 0 Å². The highest BCUT2D eigenvalue weighted by molar-refractivity contribution is 7.89. The molecule has 0 fully saturated rings. The first kappa shape index (κ1) is 16.4. The Morgan fingerprint density at radius 2 is 1.84 bits per heavy atom. The maximum absolute atomic E-state index is 12.2. The number of hydrogen-bond acceptors (Lipinski definition) is 3. The van der Waals surface area contributed by atoms with E-state index >= 15 is 0 Å². The normalized spacial score (nSPS) is 12.1. The van der Waals surface area contributed by atoms with Crippen molar-refractivity contribution in [3.63, 3.8) is 0 Å². The van der Waals surface area contributed by atoms with Crippen LogP contribution in [0.1, 0.15) is 17.5 Å². The molecule has 1 aromatic carbocycles. The lowest BCUT2D eigenvalue weighted by Gasteiger charge is -2.12. The lowest BCUT2D eigenvalue weighted by Crippen LogP contribution is -2.27. The molecular formula is C13H21ClN2O2S. The topological polar surface area (TPSA) is 49.4 Å². The third-order valence-electron chi connectivity index (χ3n) is 2.82. The fraction of sp³-hybridized carbons (Fsp3) is 0.538. The van der Waals surface area contributed by atoms with Crippen molar-refractivity contribution in [1.82, 2.24) is 9.62 Å². The van der Waals surface area contributed by atoms with Crippen molar-refractivity contribution in [2.24, 2.45) is 0 Å². The lowest BCUT2D eigenvalue weighted by molar-refractivity contribution is 0.400. The SMILES string of the molecule is Cc1cc(S(=O)(=O)NCCCN(C)C)c(C)cc1Cl. The Morgan fingerprint density at radius 3 is 2.42 bits per heavy atom. The molecule has 108 valence electrons. The van der Waals surface area contributed by atoms with Crippen molar-refractivity contribution in [3.8, 4) is 0 Å². The number of hydrogen-bond donors (Lipinski definition) is 1. The average molecular weight is 305 g/mol. The minimum Gasteiger partial charge on any atom is -0.309 e. The zero-order valence-electron chi connectivity index (χ0n) is 11.8. The summed E-state index contributed by atoms with van der Waals surface area (Å²) < 4.78 is 27.0. The second-order valence-corrected chi connectivity index (χ2v) is 7.06. The van der Waals surface area contributed by atoms with Crippen molar-refractivity contribution >= 4 is 21.6 Å². The van der Waals surface area contributed by atoms with E-state index in [1.807, 2.05) is 19.0 Å². The van der Waals surface area contributed by atoms with Crippen LogP contribution in [0.15, 0.2) is 17.0 Å². The molecule has 1 N–H and O–H groups in total. The van der Waals surface area contributed by atoms with Crippen LogP contribution >= 0.6 is 11.6 Å². The fourth-order valence-corrected chi connectivity index (χ4v) is 3.33. The summed E-state index contributed by atoms with van der Waals surface area (Å²) in [5.74, 6) is 0. The number of rotatable bonds is 6. The van der Waals surface area contributed by atoms with Crippen molar-refractivity contribution in [1.29, 1.82) is 0 Å². The molecule has 0 heterocycles. The van der Waals surface area contributed by atoms with Crippen LogP contribution < -0.4 is 4.72 Å². The van der Waals surface area contributed by atoms with Gasteiger partial charge < -0.3 is 4.90 Å². The Bertz CT molecular complexity index is 542. The fourth-order valence-electron chi connectivity index (χ4n) is 1.72. The van der Waals surface area contributed by atoms with Crippen LogP contribution in [0.4, 0.5) is 0 Å². The smallest absolute Gasteiger partial charge is 0.240 e. The highest BCUT2D eigenvalue weighted by Gasteiger charge is 2.17. The Morgan fingerprint density at radius 1 is 1.21 bits per heavy atom. The number of aryl methyl sites for hydroxylation is 2. The molecule has 0 aliphatic carbocycles. The minimum absolute atomic E-state index is 0.305. The van der Waals surface area contributed by atoms with E-state index in [1.165, 1.54) is 0 Å². The predicted octanol–water partition coefficient (Wildman–Crippen LogP) is 2.19.